The Morgan fingerprint density at radius 1 is 1.28 bits per heavy atom. The number of methoxy groups -OCH3 is 1. The molecule has 0 amide bonds. The van der Waals surface area contributed by atoms with E-state index in [1.54, 1.807) is 7.11 Å². The normalized spacial score (nSPS) is 12.1. The molecular weight excluding hydrogens is 374 g/mol. The molecule has 2 N–H and O–H groups in total. The second kappa shape index (κ2) is 9.87. The summed E-state index contributed by atoms with van der Waals surface area (Å²) in [6, 6.07) is 13.6. The number of nitrogens with zero attached hydrogens (tertiary/aromatic N) is 2. The molecule has 0 fully saturated rings. The molecule has 8 heteroatoms. The number of hydrogen-bond donors (Lipinski definition) is 2. The number of nitro benzene ring substituents is 1. The molecule has 0 saturated heterocycles. The Hall–Kier alpha value is -3.15. The first-order chi connectivity index (χ1) is 13.7. The molecule has 2 aromatic rings. The van der Waals surface area contributed by atoms with Crippen molar-refractivity contribution in [1.82, 2.24) is 5.32 Å². The van der Waals surface area contributed by atoms with Crippen LogP contribution in [0, 0.1) is 21.4 Å². The third-order valence-electron chi connectivity index (χ3n) is 4.34. The molecule has 0 aliphatic carbocycles. The average Bonchev–Trinajstić information content (AvgIpc) is 2.71. The lowest BCUT2D eigenvalue weighted by Gasteiger charge is -2.28. The van der Waals surface area contributed by atoms with Crippen molar-refractivity contribution < 1.29 is 19.5 Å². The van der Waals surface area contributed by atoms with E-state index < -0.39 is 11.0 Å². The quantitative estimate of drug-likeness (QED) is 0.466. The van der Waals surface area contributed by atoms with Gasteiger partial charge in [0.05, 0.1) is 23.7 Å². The van der Waals surface area contributed by atoms with Crippen molar-refractivity contribution in [1.29, 1.82) is 5.26 Å². The summed E-state index contributed by atoms with van der Waals surface area (Å²) in [7, 11) is 1.62. The minimum absolute atomic E-state index is 0.0190. The van der Waals surface area contributed by atoms with Crippen LogP contribution >= 0.6 is 0 Å². The fourth-order valence-electron chi connectivity index (χ4n) is 2.81. The average molecular weight is 399 g/mol. The number of aliphatic hydroxyl groups is 1. The standard InChI is InChI=1S/C21H25N3O5/c1-21(2,11-15-4-7-18(28-3)8-5-15)23-13-17(25)14-29-20-9-6-16(12-22)10-19(20)24(26)27/h4-10,17,23,25H,11,13-14H2,1-3H3/t17-/m1/s1. The van der Waals surface area contributed by atoms with Gasteiger partial charge in [-0.1, -0.05) is 12.1 Å². The van der Waals surface area contributed by atoms with E-state index in [-0.39, 0.29) is 35.7 Å². The smallest absolute Gasteiger partial charge is 0.312 e. The first-order valence-electron chi connectivity index (χ1n) is 9.11. The van der Waals surface area contributed by atoms with E-state index in [1.807, 2.05) is 44.2 Å². The van der Waals surface area contributed by atoms with Gasteiger partial charge in [0, 0.05) is 18.2 Å². The van der Waals surface area contributed by atoms with Crippen LogP contribution in [0.15, 0.2) is 42.5 Å². The van der Waals surface area contributed by atoms with Crippen molar-refractivity contribution in [3.8, 4) is 17.6 Å². The molecule has 0 aromatic heterocycles. The lowest BCUT2D eigenvalue weighted by molar-refractivity contribution is -0.385. The minimum Gasteiger partial charge on any atom is -0.497 e. The fourth-order valence-corrected chi connectivity index (χ4v) is 2.81. The van der Waals surface area contributed by atoms with Crippen LogP contribution < -0.4 is 14.8 Å². The number of nitrogens with one attached hydrogen (secondary N) is 1. The zero-order valence-electron chi connectivity index (χ0n) is 16.7. The summed E-state index contributed by atoms with van der Waals surface area (Å²) >= 11 is 0. The summed E-state index contributed by atoms with van der Waals surface area (Å²) < 4.78 is 10.6. The highest BCUT2D eigenvalue weighted by Crippen LogP contribution is 2.27. The molecule has 0 aliphatic rings. The molecule has 0 aliphatic heterocycles. The van der Waals surface area contributed by atoms with Gasteiger partial charge in [0.2, 0.25) is 0 Å². The van der Waals surface area contributed by atoms with Crippen LogP contribution in [-0.2, 0) is 6.42 Å². The lowest BCUT2D eigenvalue weighted by atomic mass is 9.94. The largest absolute Gasteiger partial charge is 0.497 e. The third-order valence-corrected chi connectivity index (χ3v) is 4.34. The molecule has 2 aromatic carbocycles. The van der Waals surface area contributed by atoms with Gasteiger partial charge in [0.15, 0.2) is 5.75 Å². The van der Waals surface area contributed by atoms with E-state index in [1.165, 1.54) is 12.1 Å². The Morgan fingerprint density at radius 2 is 1.97 bits per heavy atom. The Bertz CT molecular complexity index is 875. The van der Waals surface area contributed by atoms with Crippen LogP contribution in [0.3, 0.4) is 0 Å². The SMILES string of the molecule is COc1ccc(CC(C)(C)NC[C@@H](O)COc2ccc(C#N)cc2[N+](=O)[O-])cc1. The van der Waals surface area contributed by atoms with Gasteiger partial charge in [-0.3, -0.25) is 10.1 Å². The van der Waals surface area contributed by atoms with Crippen LogP contribution in [-0.4, -0.2) is 41.9 Å². The highest BCUT2D eigenvalue weighted by molar-refractivity contribution is 5.51. The van der Waals surface area contributed by atoms with Gasteiger partial charge >= 0.3 is 5.69 Å². The van der Waals surface area contributed by atoms with Crippen LogP contribution in [0.1, 0.15) is 25.0 Å². The Labute approximate surface area is 169 Å². The van der Waals surface area contributed by atoms with E-state index in [0.717, 1.165) is 23.8 Å². The predicted octanol–water partition coefficient (Wildman–Crippen LogP) is 2.83. The summed E-state index contributed by atoms with van der Waals surface area (Å²) in [6.45, 7) is 4.19. The van der Waals surface area contributed by atoms with Crippen molar-refractivity contribution in [2.24, 2.45) is 0 Å². The number of β-amino-alcohol motifs (C(OH)–C–C–N with tert-alkyl or cyclic N) is 1. The lowest BCUT2D eigenvalue weighted by Crippen LogP contribution is -2.46. The maximum Gasteiger partial charge on any atom is 0.312 e. The molecule has 154 valence electrons. The van der Waals surface area contributed by atoms with E-state index in [0.29, 0.717) is 0 Å². The molecule has 0 unspecified atom stereocenters. The second-order valence-electron chi connectivity index (χ2n) is 7.31. The molecule has 0 radical (unpaired) electrons. The van der Waals surface area contributed by atoms with Crippen LogP contribution in [0.2, 0.25) is 0 Å². The molecule has 29 heavy (non-hydrogen) atoms. The monoisotopic (exact) mass is 399 g/mol. The topological polar surface area (TPSA) is 118 Å². The third kappa shape index (κ3) is 6.75. The maximum atomic E-state index is 11.1. The van der Waals surface area contributed by atoms with Gasteiger partial charge in [-0.25, -0.2) is 0 Å². The van der Waals surface area contributed by atoms with Gasteiger partial charge in [0.1, 0.15) is 18.5 Å². The first kappa shape index (κ1) is 22.1. The molecular formula is C21H25N3O5. The number of nitriles is 1. The van der Waals surface area contributed by atoms with Crippen LogP contribution in [0.25, 0.3) is 0 Å². The second-order valence-corrected chi connectivity index (χ2v) is 7.31. The van der Waals surface area contributed by atoms with E-state index >= 15 is 0 Å². The first-order valence-corrected chi connectivity index (χ1v) is 9.11. The number of nitro groups is 1. The zero-order chi connectivity index (χ0) is 21.4. The Balaban J connectivity index is 1.88. The zero-order valence-corrected chi connectivity index (χ0v) is 16.7. The van der Waals surface area contributed by atoms with Crippen molar-refractivity contribution >= 4 is 5.69 Å². The molecule has 0 spiro atoms. The van der Waals surface area contributed by atoms with Gasteiger partial charge < -0.3 is 19.9 Å². The Morgan fingerprint density at radius 3 is 2.55 bits per heavy atom. The molecule has 0 heterocycles. The van der Waals surface area contributed by atoms with Gasteiger partial charge in [-0.15, -0.1) is 0 Å². The maximum absolute atomic E-state index is 11.1. The van der Waals surface area contributed by atoms with Crippen molar-refractivity contribution in [2.45, 2.75) is 31.9 Å². The molecule has 8 nitrogen and oxygen atoms in total. The minimum atomic E-state index is -0.861. The van der Waals surface area contributed by atoms with Crippen molar-refractivity contribution in [3.63, 3.8) is 0 Å². The summed E-state index contributed by atoms with van der Waals surface area (Å²) in [6.07, 6.45) is -0.119. The summed E-state index contributed by atoms with van der Waals surface area (Å²) in [4.78, 5) is 10.5. The van der Waals surface area contributed by atoms with Gasteiger partial charge in [-0.2, -0.15) is 5.26 Å². The highest BCUT2D eigenvalue weighted by Gasteiger charge is 2.21. The highest BCUT2D eigenvalue weighted by atomic mass is 16.6. The summed E-state index contributed by atoms with van der Waals surface area (Å²) in [5.74, 6) is 0.814. The molecule has 1 atom stereocenters. The molecule has 0 saturated carbocycles. The predicted molar refractivity (Wildman–Crippen MR) is 108 cm³/mol. The van der Waals surface area contributed by atoms with E-state index in [9.17, 15) is 15.2 Å². The summed E-state index contributed by atoms with van der Waals surface area (Å²) in [5, 5.41) is 33.5. The van der Waals surface area contributed by atoms with Gasteiger partial charge in [0.25, 0.3) is 0 Å². The number of aliphatic hydroxyl groups excluding tert-OH is 1. The number of benzene rings is 2. The van der Waals surface area contributed by atoms with Crippen LogP contribution in [0.4, 0.5) is 5.69 Å². The summed E-state index contributed by atoms with van der Waals surface area (Å²) in [5.41, 5.74) is 0.716. The Kier molecular flexibility index (Phi) is 7.53. The number of rotatable bonds is 10. The number of ether oxygens (including phenoxy) is 2. The van der Waals surface area contributed by atoms with Crippen molar-refractivity contribution in [3.05, 3.63) is 63.7 Å². The van der Waals surface area contributed by atoms with E-state index in [2.05, 4.69) is 5.32 Å². The van der Waals surface area contributed by atoms with E-state index in [4.69, 9.17) is 14.7 Å². The van der Waals surface area contributed by atoms with Crippen LogP contribution in [0.5, 0.6) is 11.5 Å². The fraction of sp³-hybridized carbons (Fsp3) is 0.381. The van der Waals surface area contributed by atoms with Gasteiger partial charge in [-0.05, 0) is 50.1 Å². The number of hydrogen-bond acceptors (Lipinski definition) is 7. The van der Waals surface area contributed by atoms with Crippen molar-refractivity contribution in [2.75, 3.05) is 20.3 Å². The molecule has 0 bridgehead atoms. The molecule has 2 rings (SSSR count).